The van der Waals surface area contributed by atoms with E-state index in [4.69, 9.17) is 9.47 Å². The van der Waals surface area contributed by atoms with Gasteiger partial charge in [0.25, 0.3) is 0 Å². The van der Waals surface area contributed by atoms with Gasteiger partial charge in [-0.2, -0.15) is 0 Å². The molecule has 1 aliphatic carbocycles. The molecular formula is C14H24O3. The van der Waals surface area contributed by atoms with Crippen LogP contribution in [0.5, 0.6) is 0 Å². The van der Waals surface area contributed by atoms with Crippen molar-refractivity contribution in [1.82, 2.24) is 0 Å². The van der Waals surface area contributed by atoms with E-state index in [0.717, 1.165) is 19.1 Å². The van der Waals surface area contributed by atoms with Gasteiger partial charge in [-0.25, -0.2) is 0 Å². The molecule has 3 heteroatoms. The van der Waals surface area contributed by atoms with Gasteiger partial charge in [0.1, 0.15) is 6.29 Å². The second-order valence-corrected chi connectivity index (χ2v) is 5.86. The van der Waals surface area contributed by atoms with Crippen molar-refractivity contribution in [3.8, 4) is 0 Å². The first-order valence-electron chi connectivity index (χ1n) is 6.80. The van der Waals surface area contributed by atoms with Gasteiger partial charge in [-0.3, -0.25) is 0 Å². The van der Waals surface area contributed by atoms with E-state index in [0.29, 0.717) is 31.0 Å². The quantitative estimate of drug-likeness (QED) is 0.711. The normalized spacial score (nSPS) is 38.9. The summed E-state index contributed by atoms with van der Waals surface area (Å²) in [6.45, 7) is 7.77. The molecule has 0 aromatic carbocycles. The van der Waals surface area contributed by atoms with Gasteiger partial charge < -0.3 is 14.3 Å². The summed E-state index contributed by atoms with van der Waals surface area (Å²) in [6.07, 6.45) is 4.48. The van der Waals surface area contributed by atoms with Crippen LogP contribution in [0, 0.1) is 23.7 Å². The van der Waals surface area contributed by atoms with E-state index >= 15 is 0 Å². The van der Waals surface area contributed by atoms with Crippen molar-refractivity contribution in [3.05, 3.63) is 0 Å². The van der Waals surface area contributed by atoms with E-state index in [1.165, 1.54) is 6.42 Å². The van der Waals surface area contributed by atoms with Crippen LogP contribution in [0.25, 0.3) is 0 Å². The van der Waals surface area contributed by atoms with Crippen molar-refractivity contribution in [1.29, 1.82) is 0 Å². The topological polar surface area (TPSA) is 35.5 Å². The minimum atomic E-state index is -0.402. The number of carbonyl (C=O) groups excluding carboxylic acids is 1. The zero-order valence-corrected chi connectivity index (χ0v) is 11.1. The van der Waals surface area contributed by atoms with Crippen molar-refractivity contribution in [2.75, 3.05) is 13.2 Å². The van der Waals surface area contributed by atoms with E-state index in [1.54, 1.807) is 0 Å². The summed E-state index contributed by atoms with van der Waals surface area (Å²) in [6, 6.07) is 0. The van der Waals surface area contributed by atoms with Gasteiger partial charge >= 0.3 is 0 Å². The van der Waals surface area contributed by atoms with Gasteiger partial charge in [-0.15, -0.1) is 0 Å². The maximum atomic E-state index is 11.0. The van der Waals surface area contributed by atoms with Crippen LogP contribution in [0.2, 0.25) is 0 Å². The second kappa shape index (κ2) is 5.07. The molecule has 0 N–H and O–H groups in total. The number of ether oxygens (including phenoxy) is 2. The van der Waals surface area contributed by atoms with Gasteiger partial charge in [0, 0.05) is 11.8 Å². The lowest BCUT2D eigenvalue weighted by Gasteiger charge is -2.42. The molecule has 0 aromatic heterocycles. The van der Waals surface area contributed by atoms with Crippen LogP contribution in [-0.4, -0.2) is 25.3 Å². The maximum absolute atomic E-state index is 11.0. The third-order valence-corrected chi connectivity index (χ3v) is 4.75. The van der Waals surface area contributed by atoms with Crippen LogP contribution in [0.4, 0.5) is 0 Å². The Labute approximate surface area is 104 Å². The molecule has 0 unspecified atom stereocenters. The minimum absolute atomic E-state index is 0.151. The third-order valence-electron chi connectivity index (χ3n) is 4.75. The standard InChI is InChI=1S/C14H24O3/c1-10-4-5-12(8-13(10)11(2)9-15)14(3)16-6-7-17-14/h9-13H,4-8H2,1-3H3/t10-,11-,12+,13+/m1/s1. The lowest BCUT2D eigenvalue weighted by molar-refractivity contribution is -0.195. The molecule has 1 saturated heterocycles. The lowest BCUT2D eigenvalue weighted by atomic mass is 9.68. The molecule has 1 aliphatic heterocycles. The van der Waals surface area contributed by atoms with Crippen LogP contribution in [0.15, 0.2) is 0 Å². The Morgan fingerprint density at radius 1 is 1.29 bits per heavy atom. The number of rotatable bonds is 3. The largest absolute Gasteiger partial charge is 0.348 e. The number of carbonyl (C=O) groups is 1. The molecule has 4 atom stereocenters. The highest BCUT2D eigenvalue weighted by atomic mass is 16.7. The SMILES string of the molecule is C[C@H](C=O)[C@H]1C[C@@H](C2(C)OCCO2)CC[C@H]1C. The summed E-state index contributed by atoms with van der Waals surface area (Å²) in [5.74, 6) is 1.31. The average Bonchev–Trinajstić information content (AvgIpc) is 2.77. The van der Waals surface area contributed by atoms with Gasteiger partial charge in [-0.1, -0.05) is 13.8 Å². The lowest BCUT2D eigenvalue weighted by Crippen LogP contribution is -2.42. The van der Waals surface area contributed by atoms with E-state index in [1.807, 2.05) is 6.92 Å². The first kappa shape index (κ1) is 13.0. The molecule has 1 heterocycles. The highest BCUT2D eigenvalue weighted by Gasteiger charge is 2.44. The fourth-order valence-electron chi connectivity index (χ4n) is 3.43. The van der Waals surface area contributed by atoms with Gasteiger partial charge in [0.15, 0.2) is 5.79 Å². The van der Waals surface area contributed by atoms with Crippen LogP contribution in [0.1, 0.15) is 40.0 Å². The summed E-state index contributed by atoms with van der Waals surface area (Å²) in [5, 5.41) is 0. The molecule has 17 heavy (non-hydrogen) atoms. The van der Waals surface area contributed by atoms with Crippen molar-refractivity contribution in [3.63, 3.8) is 0 Å². The Morgan fingerprint density at radius 2 is 1.94 bits per heavy atom. The number of hydrogen-bond acceptors (Lipinski definition) is 3. The molecular weight excluding hydrogens is 216 g/mol. The fourth-order valence-corrected chi connectivity index (χ4v) is 3.43. The van der Waals surface area contributed by atoms with Crippen LogP contribution < -0.4 is 0 Å². The van der Waals surface area contributed by atoms with E-state index in [-0.39, 0.29) is 5.92 Å². The Balaban J connectivity index is 2.04. The molecule has 2 fully saturated rings. The molecule has 2 aliphatic rings. The summed E-state index contributed by atoms with van der Waals surface area (Å²) in [4.78, 5) is 11.0. The molecule has 98 valence electrons. The minimum Gasteiger partial charge on any atom is -0.348 e. The Bertz CT molecular complexity index is 271. The predicted molar refractivity (Wildman–Crippen MR) is 65.5 cm³/mol. The summed E-state index contributed by atoms with van der Waals surface area (Å²) < 4.78 is 11.5. The van der Waals surface area contributed by atoms with E-state index in [2.05, 4.69) is 13.8 Å². The maximum Gasteiger partial charge on any atom is 0.168 e. The van der Waals surface area contributed by atoms with Crippen LogP contribution in [0.3, 0.4) is 0 Å². The van der Waals surface area contributed by atoms with E-state index < -0.39 is 5.79 Å². The summed E-state index contributed by atoms with van der Waals surface area (Å²) in [7, 11) is 0. The molecule has 0 aromatic rings. The molecule has 0 bridgehead atoms. The monoisotopic (exact) mass is 240 g/mol. The molecule has 2 rings (SSSR count). The Hall–Kier alpha value is -0.410. The first-order valence-corrected chi connectivity index (χ1v) is 6.80. The zero-order chi connectivity index (χ0) is 12.5. The van der Waals surface area contributed by atoms with Crippen LogP contribution >= 0.6 is 0 Å². The first-order chi connectivity index (χ1) is 8.07. The van der Waals surface area contributed by atoms with Crippen molar-refractivity contribution < 1.29 is 14.3 Å². The highest BCUT2D eigenvalue weighted by molar-refractivity contribution is 5.53. The van der Waals surface area contributed by atoms with E-state index in [9.17, 15) is 4.79 Å². The van der Waals surface area contributed by atoms with Gasteiger partial charge in [0.05, 0.1) is 13.2 Å². The summed E-state index contributed by atoms with van der Waals surface area (Å²) in [5.41, 5.74) is 0. The molecule has 0 spiro atoms. The molecule has 1 saturated carbocycles. The molecule has 0 amide bonds. The van der Waals surface area contributed by atoms with Crippen LogP contribution in [-0.2, 0) is 14.3 Å². The third kappa shape index (κ3) is 2.55. The highest BCUT2D eigenvalue weighted by Crippen LogP contribution is 2.44. The van der Waals surface area contributed by atoms with Crippen molar-refractivity contribution in [2.24, 2.45) is 23.7 Å². The average molecular weight is 240 g/mol. The van der Waals surface area contributed by atoms with Crippen molar-refractivity contribution in [2.45, 2.75) is 45.8 Å². The molecule has 3 nitrogen and oxygen atoms in total. The number of hydrogen-bond donors (Lipinski definition) is 0. The fraction of sp³-hybridized carbons (Fsp3) is 0.929. The van der Waals surface area contributed by atoms with Crippen molar-refractivity contribution >= 4 is 6.29 Å². The zero-order valence-electron chi connectivity index (χ0n) is 11.1. The predicted octanol–water partition coefficient (Wildman–Crippen LogP) is 2.64. The number of aldehydes is 1. The molecule has 0 radical (unpaired) electrons. The smallest absolute Gasteiger partial charge is 0.168 e. The second-order valence-electron chi connectivity index (χ2n) is 5.86. The Morgan fingerprint density at radius 3 is 2.53 bits per heavy atom. The van der Waals surface area contributed by atoms with Gasteiger partial charge in [0.2, 0.25) is 0 Å². The van der Waals surface area contributed by atoms with Gasteiger partial charge in [-0.05, 0) is 38.0 Å². The summed E-state index contributed by atoms with van der Waals surface area (Å²) >= 11 is 0. The Kier molecular flexibility index (Phi) is 3.88.